The van der Waals surface area contributed by atoms with Crippen molar-refractivity contribution in [3.05, 3.63) is 65.9 Å². The molecule has 0 unspecified atom stereocenters. The van der Waals surface area contributed by atoms with Crippen molar-refractivity contribution in [2.75, 3.05) is 5.32 Å². The van der Waals surface area contributed by atoms with Gasteiger partial charge in [-0.2, -0.15) is 0 Å². The summed E-state index contributed by atoms with van der Waals surface area (Å²) in [5.41, 5.74) is 7.25. The Kier molecular flexibility index (Phi) is 4.29. The van der Waals surface area contributed by atoms with E-state index in [1.165, 1.54) is 22.3 Å². The van der Waals surface area contributed by atoms with Crippen LogP contribution in [-0.4, -0.2) is 0 Å². The molecular formula is C19H23N. The average molecular weight is 265 g/mol. The van der Waals surface area contributed by atoms with Crippen molar-refractivity contribution >= 4 is 5.69 Å². The van der Waals surface area contributed by atoms with Crippen LogP contribution in [0.1, 0.15) is 25.0 Å². The molecule has 2 rings (SSSR count). The number of hydrogen-bond acceptors (Lipinski definition) is 1. The average Bonchev–Trinajstić information content (AvgIpc) is 2.42. The summed E-state index contributed by atoms with van der Waals surface area (Å²) in [6, 6.07) is 15.1. The van der Waals surface area contributed by atoms with E-state index in [1.54, 1.807) is 0 Å². The molecule has 0 amide bonds. The molecule has 20 heavy (non-hydrogen) atoms. The molecule has 0 radical (unpaired) electrons. The third kappa shape index (κ3) is 3.30. The predicted molar refractivity (Wildman–Crippen MR) is 89.0 cm³/mol. The fraction of sp³-hybridized carbons (Fsp3) is 0.263. The number of allylic oxidation sites excluding steroid dienone is 1. The highest BCUT2D eigenvalue weighted by molar-refractivity contribution is 5.72. The van der Waals surface area contributed by atoms with Crippen molar-refractivity contribution in [2.24, 2.45) is 5.92 Å². The minimum absolute atomic E-state index is 0.430. The van der Waals surface area contributed by atoms with Crippen LogP contribution >= 0.6 is 0 Å². The molecule has 0 atom stereocenters. The summed E-state index contributed by atoms with van der Waals surface area (Å²) in [5, 5.41) is 3.40. The lowest BCUT2D eigenvalue weighted by molar-refractivity contribution is 0.778. The van der Waals surface area contributed by atoms with E-state index in [2.05, 4.69) is 82.1 Å². The van der Waals surface area contributed by atoms with Gasteiger partial charge in [0.05, 0.1) is 0 Å². The molecule has 104 valence electrons. The number of hydrogen-bond donors (Lipinski definition) is 1. The summed E-state index contributed by atoms with van der Waals surface area (Å²) < 4.78 is 0. The normalized spacial score (nSPS) is 10.7. The van der Waals surface area contributed by atoms with E-state index < -0.39 is 0 Å². The molecule has 0 aliphatic carbocycles. The van der Waals surface area contributed by atoms with Gasteiger partial charge >= 0.3 is 0 Å². The first kappa shape index (κ1) is 14.4. The van der Waals surface area contributed by atoms with Crippen molar-refractivity contribution < 1.29 is 0 Å². The lowest BCUT2D eigenvalue weighted by atomic mass is 9.99. The third-order valence-electron chi connectivity index (χ3n) is 3.60. The van der Waals surface area contributed by atoms with E-state index in [9.17, 15) is 0 Å². The van der Waals surface area contributed by atoms with Gasteiger partial charge in [-0.3, -0.25) is 0 Å². The molecule has 0 aromatic heterocycles. The van der Waals surface area contributed by atoms with E-state index in [1.807, 2.05) is 0 Å². The van der Waals surface area contributed by atoms with Crippen LogP contribution in [0.2, 0.25) is 0 Å². The van der Waals surface area contributed by atoms with Crippen molar-refractivity contribution in [1.82, 2.24) is 0 Å². The Morgan fingerprint density at radius 2 is 1.65 bits per heavy atom. The van der Waals surface area contributed by atoms with Gasteiger partial charge in [-0.05, 0) is 48.6 Å². The number of nitrogens with one attached hydrogen (secondary N) is 1. The predicted octanol–water partition coefficient (Wildman–Crippen LogP) is 5.55. The molecule has 1 heteroatoms. The lowest BCUT2D eigenvalue weighted by Crippen LogP contribution is -2.04. The van der Waals surface area contributed by atoms with E-state index in [4.69, 9.17) is 0 Å². The van der Waals surface area contributed by atoms with Crippen LogP contribution in [0.25, 0.3) is 11.1 Å². The van der Waals surface area contributed by atoms with Gasteiger partial charge in [0.1, 0.15) is 0 Å². The maximum absolute atomic E-state index is 4.07. The Labute approximate surface area is 122 Å². The van der Waals surface area contributed by atoms with Crippen LogP contribution in [0.4, 0.5) is 5.69 Å². The Bertz CT molecular complexity index is 606. The zero-order valence-corrected chi connectivity index (χ0v) is 12.8. The minimum Gasteiger partial charge on any atom is -0.359 e. The number of aryl methyl sites for hydroxylation is 2. The second-order valence-electron chi connectivity index (χ2n) is 5.70. The van der Waals surface area contributed by atoms with E-state index >= 15 is 0 Å². The standard InChI is InChI=1S/C19H23N/c1-13(2)16(5)20-18-11-8-15(4)19(12-18)17-9-6-14(3)7-10-17/h6-13,20H,5H2,1-4H3. The van der Waals surface area contributed by atoms with Crippen LogP contribution in [-0.2, 0) is 0 Å². The molecular weight excluding hydrogens is 242 g/mol. The van der Waals surface area contributed by atoms with Gasteiger partial charge in [-0.25, -0.2) is 0 Å². The van der Waals surface area contributed by atoms with Gasteiger partial charge in [0, 0.05) is 11.4 Å². The van der Waals surface area contributed by atoms with E-state index in [0.29, 0.717) is 5.92 Å². The van der Waals surface area contributed by atoms with Gasteiger partial charge in [-0.15, -0.1) is 0 Å². The van der Waals surface area contributed by atoms with Crippen LogP contribution in [0, 0.1) is 19.8 Å². The highest BCUT2D eigenvalue weighted by Gasteiger charge is 2.05. The molecule has 0 aliphatic heterocycles. The fourth-order valence-electron chi connectivity index (χ4n) is 2.07. The Balaban J connectivity index is 2.34. The summed E-state index contributed by atoms with van der Waals surface area (Å²) in [6.07, 6.45) is 0. The molecule has 1 N–H and O–H groups in total. The second-order valence-corrected chi connectivity index (χ2v) is 5.70. The second kappa shape index (κ2) is 5.96. The number of anilines is 1. The number of rotatable bonds is 4. The van der Waals surface area contributed by atoms with Crippen LogP contribution in [0.3, 0.4) is 0 Å². The zero-order valence-electron chi connectivity index (χ0n) is 12.8. The Morgan fingerprint density at radius 1 is 1.00 bits per heavy atom. The topological polar surface area (TPSA) is 12.0 Å². The van der Waals surface area contributed by atoms with Crippen LogP contribution in [0.15, 0.2) is 54.7 Å². The molecule has 0 fully saturated rings. The summed E-state index contributed by atoms with van der Waals surface area (Å²) in [7, 11) is 0. The molecule has 0 saturated heterocycles. The molecule has 0 bridgehead atoms. The van der Waals surface area contributed by atoms with Gasteiger partial charge < -0.3 is 5.32 Å². The fourth-order valence-corrected chi connectivity index (χ4v) is 2.07. The molecule has 0 saturated carbocycles. The van der Waals surface area contributed by atoms with Crippen LogP contribution in [0.5, 0.6) is 0 Å². The Morgan fingerprint density at radius 3 is 2.25 bits per heavy atom. The van der Waals surface area contributed by atoms with Crippen molar-refractivity contribution in [3.8, 4) is 11.1 Å². The van der Waals surface area contributed by atoms with E-state index in [-0.39, 0.29) is 0 Å². The summed E-state index contributed by atoms with van der Waals surface area (Å²) in [6.45, 7) is 12.6. The maximum Gasteiger partial charge on any atom is 0.0388 e. The number of benzene rings is 2. The quantitative estimate of drug-likeness (QED) is 0.764. The monoisotopic (exact) mass is 265 g/mol. The largest absolute Gasteiger partial charge is 0.359 e. The zero-order chi connectivity index (χ0) is 14.7. The first-order chi connectivity index (χ1) is 9.47. The summed E-state index contributed by atoms with van der Waals surface area (Å²) in [4.78, 5) is 0. The van der Waals surface area contributed by atoms with E-state index in [0.717, 1.165) is 11.4 Å². The lowest BCUT2D eigenvalue weighted by Gasteiger charge is -2.15. The summed E-state index contributed by atoms with van der Waals surface area (Å²) in [5.74, 6) is 0.430. The van der Waals surface area contributed by atoms with Crippen LogP contribution < -0.4 is 5.32 Å². The SMILES string of the molecule is C=C(Nc1ccc(C)c(-c2ccc(C)cc2)c1)C(C)C. The summed E-state index contributed by atoms with van der Waals surface area (Å²) >= 11 is 0. The van der Waals surface area contributed by atoms with Gasteiger partial charge in [0.25, 0.3) is 0 Å². The molecule has 0 heterocycles. The van der Waals surface area contributed by atoms with Crippen molar-refractivity contribution in [1.29, 1.82) is 0 Å². The molecule has 0 aliphatic rings. The maximum atomic E-state index is 4.07. The first-order valence-corrected chi connectivity index (χ1v) is 7.11. The molecule has 1 nitrogen and oxygen atoms in total. The highest BCUT2D eigenvalue weighted by Crippen LogP contribution is 2.27. The van der Waals surface area contributed by atoms with Crippen molar-refractivity contribution in [2.45, 2.75) is 27.7 Å². The Hall–Kier alpha value is -2.02. The minimum atomic E-state index is 0.430. The first-order valence-electron chi connectivity index (χ1n) is 7.11. The highest BCUT2D eigenvalue weighted by atomic mass is 14.9. The van der Waals surface area contributed by atoms with Gasteiger partial charge in [0.2, 0.25) is 0 Å². The van der Waals surface area contributed by atoms with Gasteiger partial charge in [-0.1, -0.05) is 56.3 Å². The smallest absolute Gasteiger partial charge is 0.0388 e. The van der Waals surface area contributed by atoms with Crippen molar-refractivity contribution in [3.63, 3.8) is 0 Å². The molecule has 2 aromatic rings. The third-order valence-corrected chi connectivity index (χ3v) is 3.60. The molecule has 0 spiro atoms. The molecule has 2 aromatic carbocycles. The van der Waals surface area contributed by atoms with Gasteiger partial charge in [0.15, 0.2) is 0 Å².